The lowest BCUT2D eigenvalue weighted by Crippen LogP contribution is -2.10. The summed E-state index contributed by atoms with van der Waals surface area (Å²) in [6, 6.07) is 13.8. The Labute approximate surface area is 163 Å². The van der Waals surface area contributed by atoms with Gasteiger partial charge in [0, 0.05) is 28.6 Å². The highest BCUT2D eigenvalue weighted by molar-refractivity contribution is 7.92. The SMILES string of the molecule is COc1ccccc1Oc1ccc(NS(C)(=O)=O)cc1-c1c[nH]c(=O)c(C)c1. The molecule has 3 rings (SSSR count). The Morgan fingerprint density at radius 3 is 2.36 bits per heavy atom. The maximum atomic E-state index is 11.7. The number of anilines is 1. The Morgan fingerprint density at radius 1 is 1.00 bits per heavy atom. The van der Waals surface area contributed by atoms with Crippen LogP contribution in [-0.4, -0.2) is 26.8 Å². The highest BCUT2D eigenvalue weighted by atomic mass is 32.2. The second kappa shape index (κ2) is 7.77. The van der Waals surface area contributed by atoms with Gasteiger partial charge in [0.05, 0.1) is 13.4 Å². The van der Waals surface area contributed by atoms with Crippen LogP contribution in [0, 0.1) is 6.92 Å². The van der Waals surface area contributed by atoms with Gasteiger partial charge in [-0.05, 0) is 43.3 Å². The van der Waals surface area contributed by atoms with Gasteiger partial charge in [-0.3, -0.25) is 9.52 Å². The van der Waals surface area contributed by atoms with E-state index in [4.69, 9.17) is 9.47 Å². The average Bonchev–Trinajstić information content (AvgIpc) is 2.64. The van der Waals surface area contributed by atoms with Gasteiger partial charge in [-0.15, -0.1) is 0 Å². The molecule has 3 aromatic rings. The summed E-state index contributed by atoms with van der Waals surface area (Å²) in [5, 5.41) is 0. The summed E-state index contributed by atoms with van der Waals surface area (Å²) in [5.74, 6) is 1.55. The van der Waals surface area contributed by atoms with Crippen LogP contribution in [0.15, 0.2) is 59.5 Å². The molecule has 0 aliphatic heterocycles. The molecule has 0 saturated heterocycles. The molecule has 1 heterocycles. The largest absolute Gasteiger partial charge is 0.493 e. The molecule has 0 spiro atoms. The molecule has 0 radical (unpaired) electrons. The number of benzene rings is 2. The molecule has 0 amide bonds. The average molecular weight is 400 g/mol. The van der Waals surface area contributed by atoms with Crippen LogP contribution in [0.4, 0.5) is 5.69 Å². The van der Waals surface area contributed by atoms with E-state index in [-0.39, 0.29) is 5.56 Å². The molecule has 2 N–H and O–H groups in total. The highest BCUT2D eigenvalue weighted by Gasteiger charge is 2.14. The van der Waals surface area contributed by atoms with Crippen molar-refractivity contribution >= 4 is 15.7 Å². The second-order valence-corrected chi connectivity index (χ2v) is 7.99. The number of nitrogens with one attached hydrogen (secondary N) is 2. The summed E-state index contributed by atoms with van der Waals surface area (Å²) < 4.78 is 37.0. The first-order valence-corrected chi connectivity index (χ1v) is 10.3. The summed E-state index contributed by atoms with van der Waals surface area (Å²) in [7, 11) is -1.89. The van der Waals surface area contributed by atoms with Crippen molar-refractivity contribution in [1.29, 1.82) is 0 Å². The van der Waals surface area contributed by atoms with Crippen molar-refractivity contribution in [2.45, 2.75) is 6.92 Å². The Bertz CT molecular complexity index is 1170. The predicted molar refractivity (Wildman–Crippen MR) is 109 cm³/mol. The summed E-state index contributed by atoms with van der Waals surface area (Å²) >= 11 is 0. The number of aromatic amines is 1. The standard InChI is InChI=1S/C20H20N2O5S/c1-13-10-14(12-21-20(13)23)16-11-15(22-28(3,24)25)8-9-17(16)27-19-7-5-4-6-18(19)26-2/h4-12,22H,1-3H3,(H,21,23). The van der Waals surface area contributed by atoms with Crippen molar-refractivity contribution in [3.8, 4) is 28.4 Å². The number of pyridine rings is 1. The predicted octanol–water partition coefficient (Wildman–Crippen LogP) is 3.52. The monoisotopic (exact) mass is 400 g/mol. The second-order valence-electron chi connectivity index (χ2n) is 6.24. The summed E-state index contributed by atoms with van der Waals surface area (Å²) in [5.41, 5.74) is 2.01. The first-order valence-electron chi connectivity index (χ1n) is 8.39. The van der Waals surface area contributed by atoms with E-state index >= 15 is 0 Å². The third kappa shape index (κ3) is 4.52. The topological polar surface area (TPSA) is 97.5 Å². The molecule has 0 fully saturated rings. The first kappa shape index (κ1) is 19.5. The fraction of sp³-hybridized carbons (Fsp3) is 0.150. The molecule has 0 unspecified atom stereocenters. The zero-order valence-corrected chi connectivity index (χ0v) is 16.5. The van der Waals surface area contributed by atoms with Crippen LogP contribution < -0.4 is 19.8 Å². The smallest absolute Gasteiger partial charge is 0.250 e. The minimum absolute atomic E-state index is 0.193. The van der Waals surface area contributed by atoms with Crippen LogP contribution >= 0.6 is 0 Å². The van der Waals surface area contributed by atoms with Crippen molar-refractivity contribution in [1.82, 2.24) is 4.98 Å². The molecule has 0 bridgehead atoms. The molecule has 8 heteroatoms. The molecule has 1 aromatic heterocycles. The van der Waals surface area contributed by atoms with Crippen molar-refractivity contribution < 1.29 is 17.9 Å². The molecule has 0 aliphatic carbocycles. The number of aromatic nitrogens is 1. The van der Waals surface area contributed by atoms with Crippen LogP contribution in [0.3, 0.4) is 0 Å². The first-order chi connectivity index (χ1) is 13.3. The fourth-order valence-electron chi connectivity index (χ4n) is 2.70. The normalized spacial score (nSPS) is 11.1. The van der Waals surface area contributed by atoms with Gasteiger partial charge in [-0.25, -0.2) is 8.42 Å². The summed E-state index contributed by atoms with van der Waals surface area (Å²) in [4.78, 5) is 14.4. The van der Waals surface area contributed by atoms with Gasteiger partial charge in [0.25, 0.3) is 5.56 Å². The van der Waals surface area contributed by atoms with Crippen LogP contribution in [0.25, 0.3) is 11.1 Å². The Morgan fingerprint density at radius 2 is 1.71 bits per heavy atom. The summed E-state index contributed by atoms with van der Waals surface area (Å²) in [6.07, 6.45) is 2.64. The van der Waals surface area contributed by atoms with Crippen LogP contribution in [0.1, 0.15) is 5.56 Å². The lowest BCUT2D eigenvalue weighted by atomic mass is 10.0. The van der Waals surface area contributed by atoms with E-state index in [1.165, 1.54) is 0 Å². The van der Waals surface area contributed by atoms with E-state index in [9.17, 15) is 13.2 Å². The number of methoxy groups -OCH3 is 1. The van der Waals surface area contributed by atoms with Crippen LogP contribution in [0.5, 0.6) is 17.2 Å². The van der Waals surface area contributed by atoms with Crippen LogP contribution in [0.2, 0.25) is 0 Å². The van der Waals surface area contributed by atoms with E-state index < -0.39 is 10.0 Å². The molecule has 0 aliphatic rings. The maximum Gasteiger partial charge on any atom is 0.250 e. The number of ether oxygens (including phenoxy) is 2. The molecular weight excluding hydrogens is 380 g/mol. The molecule has 28 heavy (non-hydrogen) atoms. The molecular formula is C20H20N2O5S. The number of rotatable bonds is 6. The van der Waals surface area contributed by atoms with Gasteiger partial charge in [-0.2, -0.15) is 0 Å². The van der Waals surface area contributed by atoms with Crippen molar-refractivity contribution in [2.24, 2.45) is 0 Å². The molecule has 7 nitrogen and oxygen atoms in total. The number of para-hydroxylation sites is 2. The summed E-state index contributed by atoms with van der Waals surface area (Å²) in [6.45, 7) is 1.70. The Hall–Kier alpha value is -3.26. The van der Waals surface area contributed by atoms with E-state index in [1.54, 1.807) is 56.6 Å². The van der Waals surface area contributed by atoms with E-state index in [0.29, 0.717) is 39.6 Å². The van der Waals surface area contributed by atoms with Gasteiger partial charge in [0.2, 0.25) is 10.0 Å². The number of sulfonamides is 1. The van der Waals surface area contributed by atoms with E-state index in [0.717, 1.165) is 6.26 Å². The fourth-order valence-corrected chi connectivity index (χ4v) is 3.25. The molecule has 0 atom stereocenters. The molecule has 2 aromatic carbocycles. The zero-order valence-electron chi connectivity index (χ0n) is 15.6. The van der Waals surface area contributed by atoms with E-state index in [1.807, 2.05) is 12.1 Å². The van der Waals surface area contributed by atoms with Gasteiger partial charge in [0.15, 0.2) is 11.5 Å². The third-order valence-corrected chi connectivity index (χ3v) is 4.58. The van der Waals surface area contributed by atoms with Gasteiger partial charge >= 0.3 is 0 Å². The Balaban J connectivity index is 2.12. The number of hydrogen-bond acceptors (Lipinski definition) is 5. The molecule has 0 saturated carbocycles. The van der Waals surface area contributed by atoms with Gasteiger partial charge in [-0.1, -0.05) is 12.1 Å². The number of H-pyrrole nitrogens is 1. The number of hydrogen-bond donors (Lipinski definition) is 2. The number of aryl methyl sites for hydroxylation is 1. The van der Waals surface area contributed by atoms with Crippen molar-refractivity contribution in [3.05, 3.63) is 70.6 Å². The minimum Gasteiger partial charge on any atom is -0.493 e. The van der Waals surface area contributed by atoms with Gasteiger partial charge < -0.3 is 14.5 Å². The lowest BCUT2D eigenvalue weighted by molar-refractivity contribution is 0.379. The maximum absolute atomic E-state index is 11.7. The highest BCUT2D eigenvalue weighted by Crippen LogP contribution is 2.38. The van der Waals surface area contributed by atoms with Crippen molar-refractivity contribution in [3.63, 3.8) is 0 Å². The molecule has 146 valence electrons. The third-order valence-electron chi connectivity index (χ3n) is 3.97. The van der Waals surface area contributed by atoms with Crippen LogP contribution in [-0.2, 0) is 10.0 Å². The minimum atomic E-state index is -3.44. The Kier molecular flexibility index (Phi) is 5.41. The quantitative estimate of drug-likeness (QED) is 0.660. The lowest BCUT2D eigenvalue weighted by Gasteiger charge is -2.15. The van der Waals surface area contributed by atoms with Gasteiger partial charge in [0.1, 0.15) is 5.75 Å². The van der Waals surface area contributed by atoms with Crippen molar-refractivity contribution in [2.75, 3.05) is 18.1 Å². The van der Waals surface area contributed by atoms with E-state index in [2.05, 4.69) is 9.71 Å². The zero-order chi connectivity index (χ0) is 20.3.